The molecule has 2 heterocycles. The number of esters is 1. The highest BCUT2D eigenvalue weighted by molar-refractivity contribution is 7.93. The van der Waals surface area contributed by atoms with E-state index in [-0.39, 0.29) is 12.8 Å². The lowest BCUT2D eigenvalue weighted by Crippen LogP contribution is -2.55. The van der Waals surface area contributed by atoms with Crippen LogP contribution < -0.4 is 5.32 Å². The molecule has 1 aromatic heterocycles. The summed E-state index contributed by atoms with van der Waals surface area (Å²) in [7, 11) is -2.90. The van der Waals surface area contributed by atoms with Gasteiger partial charge in [0.2, 0.25) is 11.8 Å². The third-order valence-electron chi connectivity index (χ3n) is 6.48. The molecule has 2 amide bonds. The fourth-order valence-corrected chi connectivity index (χ4v) is 5.73. The third kappa shape index (κ3) is 7.16. The van der Waals surface area contributed by atoms with Gasteiger partial charge in [0, 0.05) is 25.7 Å². The Morgan fingerprint density at radius 2 is 1.84 bits per heavy atom. The topological polar surface area (TPSA) is 148 Å². The van der Waals surface area contributed by atoms with Crippen LogP contribution in [-0.4, -0.2) is 91.0 Å². The molecule has 2 N–H and O–H groups in total. The van der Waals surface area contributed by atoms with E-state index < -0.39 is 50.1 Å². The Bertz CT molecular complexity index is 1160. The van der Waals surface area contributed by atoms with Gasteiger partial charge in [-0.05, 0) is 25.8 Å². The maximum absolute atomic E-state index is 13.6. The summed E-state index contributed by atoms with van der Waals surface area (Å²) in [6, 6.07) is 7.91. The normalized spacial score (nSPS) is 16.0. The van der Waals surface area contributed by atoms with Crippen molar-refractivity contribution in [3.05, 3.63) is 54.1 Å². The highest BCUT2D eigenvalue weighted by Gasteiger charge is 2.46. The Morgan fingerprint density at radius 1 is 1.16 bits per heavy atom. The number of morpholine rings is 1. The number of amides is 2. The van der Waals surface area contributed by atoms with Crippen molar-refractivity contribution in [2.75, 3.05) is 39.2 Å². The molecule has 0 saturated carbocycles. The van der Waals surface area contributed by atoms with Crippen molar-refractivity contribution >= 4 is 27.6 Å². The monoisotopic (exact) mass is 534 g/mol. The fourth-order valence-electron chi connectivity index (χ4n) is 4.12. The van der Waals surface area contributed by atoms with Gasteiger partial charge in [-0.25, -0.2) is 18.2 Å². The largest absolute Gasteiger partial charge is 0.467 e. The number of aromatic nitrogens is 2. The quantitative estimate of drug-likeness (QED) is 0.397. The lowest BCUT2D eigenvalue weighted by Gasteiger charge is -2.34. The van der Waals surface area contributed by atoms with Gasteiger partial charge in [-0.3, -0.25) is 9.59 Å². The van der Waals surface area contributed by atoms with Gasteiger partial charge in [-0.1, -0.05) is 30.3 Å². The van der Waals surface area contributed by atoms with Crippen LogP contribution in [0.2, 0.25) is 0 Å². The van der Waals surface area contributed by atoms with Crippen LogP contribution in [0.1, 0.15) is 25.1 Å². The van der Waals surface area contributed by atoms with Crippen molar-refractivity contribution in [2.45, 2.75) is 37.5 Å². The number of hydrogen-bond acceptors (Lipinski definition) is 8. The molecule has 1 saturated heterocycles. The van der Waals surface area contributed by atoms with E-state index in [1.807, 2.05) is 6.07 Å². The Labute approximate surface area is 216 Å². The number of rotatable bonds is 11. The minimum absolute atomic E-state index is 0.0632. The molecule has 37 heavy (non-hydrogen) atoms. The number of nitrogens with one attached hydrogen (secondary N) is 2. The van der Waals surface area contributed by atoms with Gasteiger partial charge in [0.15, 0.2) is 9.84 Å². The molecule has 0 unspecified atom stereocenters. The van der Waals surface area contributed by atoms with E-state index in [1.54, 1.807) is 30.5 Å². The molecule has 0 bridgehead atoms. The van der Waals surface area contributed by atoms with E-state index in [0.717, 1.165) is 5.56 Å². The van der Waals surface area contributed by atoms with E-state index in [9.17, 15) is 22.8 Å². The molecule has 1 aliphatic rings. The molecule has 2 aromatic rings. The van der Waals surface area contributed by atoms with Crippen molar-refractivity contribution in [3.8, 4) is 0 Å². The number of nitrogens with zero attached hydrogens (tertiary/aromatic N) is 2. The summed E-state index contributed by atoms with van der Waals surface area (Å²) in [5, 5.41) is 2.65. The number of sulfone groups is 1. The summed E-state index contributed by atoms with van der Waals surface area (Å²) < 4.78 is 35.6. The Kier molecular flexibility index (Phi) is 9.44. The zero-order chi connectivity index (χ0) is 27.1. The highest BCUT2D eigenvalue weighted by Crippen LogP contribution is 2.25. The Hall–Kier alpha value is -3.25. The Morgan fingerprint density at radius 3 is 2.43 bits per heavy atom. The molecule has 3 rings (SSSR count). The van der Waals surface area contributed by atoms with Crippen molar-refractivity contribution in [1.82, 2.24) is 20.2 Å². The second-order valence-corrected chi connectivity index (χ2v) is 12.0. The first-order chi connectivity index (χ1) is 17.5. The predicted molar refractivity (Wildman–Crippen MR) is 135 cm³/mol. The molecule has 12 heteroatoms. The molecule has 202 valence electrons. The molecule has 2 atom stereocenters. The van der Waals surface area contributed by atoms with Crippen molar-refractivity contribution in [2.24, 2.45) is 5.92 Å². The van der Waals surface area contributed by atoms with Gasteiger partial charge >= 0.3 is 5.97 Å². The molecule has 1 aromatic carbocycles. The van der Waals surface area contributed by atoms with Gasteiger partial charge in [0.25, 0.3) is 0 Å². The number of ether oxygens (including phenoxy) is 2. The van der Waals surface area contributed by atoms with Crippen LogP contribution in [-0.2, 0) is 46.5 Å². The van der Waals surface area contributed by atoms with Crippen LogP contribution in [0.15, 0.2) is 42.9 Å². The van der Waals surface area contributed by atoms with E-state index >= 15 is 0 Å². The zero-order valence-electron chi connectivity index (χ0n) is 21.3. The van der Waals surface area contributed by atoms with E-state index in [4.69, 9.17) is 9.47 Å². The second-order valence-electron chi connectivity index (χ2n) is 9.43. The van der Waals surface area contributed by atoms with Gasteiger partial charge in [0.05, 0.1) is 44.0 Å². The van der Waals surface area contributed by atoms with Crippen LogP contribution in [0.5, 0.6) is 0 Å². The van der Waals surface area contributed by atoms with E-state index in [2.05, 4.69) is 15.3 Å². The smallest absolute Gasteiger partial charge is 0.328 e. The molecule has 0 radical (unpaired) electrons. The number of imidazole rings is 1. The maximum Gasteiger partial charge on any atom is 0.328 e. The minimum Gasteiger partial charge on any atom is -0.467 e. The number of benzene rings is 1. The summed E-state index contributed by atoms with van der Waals surface area (Å²) in [5.41, 5.74) is 1.28. The first-order valence-electron chi connectivity index (χ1n) is 12.0. The molecule has 0 aliphatic carbocycles. The fraction of sp³-hybridized carbons (Fsp3) is 0.520. The average Bonchev–Trinajstić information content (AvgIpc) is 3.41. The maximum atomic E-state index is 13.6. The SMILES string of the molecule is COC(=O)[C@H](Cc1c[nH]cn1)NC(=O)[C@H](Cc1ccccc1)CS(=O)(=O)C(C)(C)C(=O)N1CCOCC1. The molecule has 0 spiro atoms. The minimum atomic E-state index is -4.11. The van der Waals surface area contributed by atoms with Crippen molar-refractivity contribution in [3.63, 3.8) is 0 Å². The number of carbonyl (C=O) groups is 3. The lowest BCUT2D eigenvalue weighted by molar-refractivity contribution is -0.145. The van der Waals surface area contributed by atoms with Crippen molar-refractivity contribution in [1.29, 1.82) is 0 Å². The van der Waals surface area contributed by atoms with Gasteiger partial charge in [-0.15, -0.1) is 0 Å². The Balaban J connectivity index is 1.84. The molecule has 11 nitrogen and oxygen atoms in total. The van der Waals surface area contributed by atoms with Crippen LogP contribution in [0.25, 0.3) is 0 Å². The second kappa shape index (κ2) is 12.3. The predicted octanol–water partition coefficient (Wildman–Crippen LogP) is 0.521. The molecule has 1 aliphatic heterocycles. The standard InChI is InChI=1S/C25H34N4O7S/c1-25(2,24(32)29-9-11-36-12-10-29)37(33,34)16-19(13-18-7-5-4-6-8-18)22(30)28-21(23(31)35-3)14-20-15-26-17-27-20/h4-8,15,17,19,21H,9-14,16H2,1-3H3,(H,26,27)(H,28,30)/t19-,21+/m1/s1. The highest BCUT2D eigenvalue weighted by atomic mass is 32.2. The van der Waals surface area contributed by atoms with Crippen LogP contribution in [0, 0.1) is 5.92 Å². The zero-order valence-corrected chi connectivity index (χ0v) is 22.1. The van der Waals surface area contributed by atoms with Gasteiger partial charge in [-0.2, -0.15) is 0 Å². The lowest BCUT2D eigenvalue weighted by atomic mass is 9.99. The molecular weight excluding hydrogens is 500 g/mol. The van der Waals surface area contributed by atoms with Gasteiger partial charge in [0.1, 0.15) is 10.8 Å². The number of methoxy groups -OCH3 is 1. The molecule has 1 fully saturated rings. The summed E-state index contributed by atoms with van der Waals surface area (Å²) in [5.74, 6) is -3.47. The van der Waals surface area contributed by atoms with Crippen LogP contribution in [0.3, 0.4) is 0 Å². The molecular formula is C25H34N4O7S. The number of carbonyl (C=O) groups excluding carboxylic acids is 3. The number of hydrogen-bond donors (Lipinski definition) is 2. The van der Waals surface area contributed by atoms with Crippen LogP contribution >= 0.6 is 0 Å². The van der Waals surface area contributed by atoms with Crippen molar-refractivity contribution < 1.29 is 32.3 Å². The van der Waals surface area contributed by atoms with Crippen LogP contribution in [0.4, 0.5) is 0 Å². The number of aromatic amines is 1. The average molecular weight is 535 g/mol. The summed E-state index contributed by atoms with van der Waals surface area (Å²) >= 11 is 0. The van der Waals surface area contributed by atoms with Gasteiger partial charge < -0.3 is 24.7 Å². The summed E-state index contributed by atoms with van der Waals surface area (Å²) in [6.07, 6.45) is 3.20. The van der Waals surface area contributed by atoms with E-state index in [0.29, 0.717) is 32.0 Å². The van der Waals surface area contributed by atoms with E-state index in [1.165, 1.54) is 32.2 Å². The third-order valence-corrected chi connectivity index (χ3v) is 9.05. The first kappa shape index (κ1) is 28.3. The summed E-state index contributed by atoms with van der Waals surface area (Å²) in [6.45, 7) is 4.02. The summed E-state index contributed by atoms with van der Waals surface area (Å²) in [4.78, 5) is 47.4. The number of H-pyrrole nitrogens is 1. The first-order valence-corrected chi connectivity index (χ1v) is 13.7.